The van der Waals surface area contributed by atoms with Crippen molar-refractivity contribution in [3.05, 3.63) is 42.2 Å². The van der Waals surface area contributed by atoms with Crippen LogP contribution in [0, 0.1) is 5.41 Å². The molecule has 0 spiro atoms. The second-order valence-electron chi connectivity index (χ2n) is 8.00. The van der Waals surface area contributed by atoms with Crippen LogP contribution in [0.1, 0.15) is 39.2 Å². The summed E-state index contributed by atoms with van der Waals surface area (Å²) >= 11 is 0. The maximum atomic E-state index is 10.9. The van der Waals surface area contributed by atoms with Gasteiger partial charge < -0.3 is 9.84 Å². The Kier molecular flexibility index (Phi) is 4.89. The number of likely N-dealkylation sites (tertiary alicyclic amines) is 1. The van der Waals surface area contributed by atoms with Gasteiger partial charge in [-0.25, -0.2) is 4.68 Å². The quantitative estimate of drug-likeness (QED) is 0.926. The van der Waals surface area contributed by atoms with Crippen LogP contribution in [0.25, 0.3) is 5.69 Å². The van der Waals surface area contributed by atoms with Gasteiger partial charge in [-0.15, -0.1) is 0 Å². The van der Waals surface area contributed by atoms with Crippen molar-refractivity contribution in [2.45, 2.75) is 45.8 Å². The summed E-state index contributed by atoms with van der Waals surface area (Å²) in [6.07, 6.45) is 5.35. The fourth-order valence-corrected chi connectivity index (χ4v) is 3.52. The van der Waals surface area contributed by atoms with Gasteiger partial charge in [0.2, 0.25) is 0 Å². The molecule has 5 heteroatoms. The molecule has 2 aromatic rings. The Morgan fingerprint density at radius 3 is 2.52 bits per heavy atom. The third kappa shape index (κ3) is 3.72. The van der Waals surface area contributed by atoms with Gasteiger partial charge in [0.05, 0.1) is 18.4 Å². The third-order valence-electron chi connectivity index (χ3n) is 5.51. The molecule has 1 aliphatic rings. The molecule has 3 rings (SSSR count). The van der Waals surface area contributed by atoms with Crippen molar-refractivity contribution in [2.75, 3.05) is 20.2 Å². The van der Waals surface area contributed by atoms with E-state index in [0.29, 0.717) is 0 Å². The highest BCUT2D eigenvalue weighted by molar-refractivity contribution is 5.45. The van der Waals surface area contributed by atoms with Crippen LogP contribution in [0.3, 0.4) is 0 Å². The molecule has 5 nitrogen and oxygen atoms in total. The van der Waals surface area contributed by atoms with Gasteiger partial charge in [0.15, 0.2) is 0 Å². The summed E-state index contributed by atoms with van der Waals surface area (Å²) in [7, 11) is 1.69. The van der Waals surface area contributed by atoms with Gasteiger partial charge in [-0.05, 0) is 48.1 Å². The lowest BCUT2D eigenvalue weighted by Crippen LogP contribution is -2.51. The fourth-order valence-electron chi connectivity index (χ4n) is 3.52. The Balaban J connectivity index is 1.77. The smallest absolute Gasteiger partial charge is 0.119 e. The van der Waals surface area contributed by atoms with E-state index in [2.05, 4.69) is 42.9 Å². The maximum Gasteiger partial charge on any atom is 0.119 e. The number of rotatable bonds is 4. The van der Waals surface area contributed by atoms with Gasteiger partial charge in [0, 0.05) is 32.0 Å². The first-order valence-electron chi connectivity index (χ1n) is 8.94. The number of nitrogens with zero attached hydrogens (tertiary/aromatic N) is 3. The second-order valence-corrected chi connectivity index (χ2v) is 8.00. The van der Waals surface area contributed by atoms with Crippen molar-refractivity contribution >= 4 is 0 Å². The van der Waals surface area contributed by atoms with Crippen LogP contribution < -0.4 is 4.74 Å². The lowest BCUT2D eigenvalue weighted by molar-refractivity contribution is -0.0999. The summed E-state index contributed by atoms with van der Waals surface area (Å²) in [5.41, 5.74) is 1.59. The van der Waals surface area contributed by atoms with Crippen molar-refractivity contribution in [1.82, 2.24) is 14.7 Å². The molecule has 1 aromatic heterocycles. The predicted octanol–water partition coefficient (Wildman–Crippen LogP) is 3.25. The predicted molar refractivity (Wildman–Crippen MR) is 99.0 cm³/mol. The summed E-state index contributed by atoms with van der Waals surface area (Å²) in [6, 6.07) is 8.03. The average Bonchev–Trinajstić information content (AvgIpc) is 3.10. The number of hydrogen-bond acceptors (Lipinski definition) is 4. The van der Waals surface area contributed by atoms with E-state index in [9.17, 15) is 5.11 Å². The Bertz CT molecular complexity index is 696. The summed E-state index contributed by atoms with van der Waals surface area (Å²) in [4.78, 5) is 2.40. The van der Waals surface area contributed by atoms with Gasteiger partial charge in [0.25, 0.3) is 0 Å². The van der Waals surface area contributed by atoms with E-state index in [4.69, 9.17) is 4.74 Å². The molecule has 0 bridgehead atoms. The van der Waals surface area contributed by atoms with Crippen molar-refractivity contribution in [3.8, 4) is 11.4 Å². The summed E-state index contributed by atoms with van der Waals surface area (Å²) < 4.78 is 7.30. The zero-order chi connectivity index (χ0) is 18.1. The van der Waals surface area contributed by atoms with Gasteiger partial charge in [0.1, 0.15) is 5.75 Å². The Hall–Kier alpha value is -1.85. The lowest BCUT2D eigenvalue weighted by Gasteiger charge is -2.46. The maximum absolute atomic E-state index is 10.9. The fraction of sp³-hybridized carbons (Fsp3) is 0.550. The van der Waals surface area contributed by atoms with Gasteiger partial charge >= 0.3 is 0 Å². The van der Waals surface area contributed by atoms with Crippen LogP contribution >= 0.6 is 0 Å². The molecular formula is C20H29N3O2. The van der Waals surface area contributed by atoms with Crippen molar-refractivity contribution in [2.24, 2.45) is 5.41 Å². The van der Waals surface area contributed by atoms with Crippen LogP contribution in [0.4, 0.5) is 0 Å². The van der Waals surface area contributed by atoms with E-state index < -0.39 is 5.60 Å². The Morgan fingerprint density at radius 2 is 1.96 bits per heavy atom. The van der Waals surface area contributed by atoms with E-state index >= 15 is 0 Å². The topological polar surface area (TPSA) is 50.5 Å². The highest BCUT2D eigenvalue weighted by Gasteiger charge is 2.42. The van der Waals surface area contributed by atoms with Gasteiger partial charge in [-0.3, -0.25) is 4.90 Å². The molecule has 1 aliphatic heterocycles. The third-order valence-corrected chi connectivity index (χ3v) is 5.51. The molecule has 136 valence electrons. The zero-order valence-electron chi connectivity index (χ0n) is 15.7. The molecule has 1 N–H and O–H groups in total. The number of benzene rings is 1. The summed E-state index contributed by atoms with van der Waals surface area (Å²) in [5, 5.41) is 15.3. The largest absolute Gasteiger partial charge is 0.497 e. The van der Waals surface area contributed by atoms with Gasteiger partial charge in [-0.1, -0.05) is 20.8 Å². The van der Waals surface area contributed by atoms with Crippen LogP contribution in [-0.2, 0) is 6.54 Å². The van der Waals surface area contributed by atoms with Crippen molar-refractivity contribution in [3.63, 3.8) is 0 Å². The molecule has 0 saturated carbocycles. The number of methoxy groups -OCH3 is 1. The SMILES string of the molecule is COc1ccc(-n2cccn2)c(CN2CCC(O)(C(C)(C)C)CC2)c1. The minimum absolute atomic E-state index is 0.0880. The zero-order valence-corrected chi connectivity index (χ0v) is 15.7. The van der Waals surface area contributed by atoms with Crippen molar-refractivity contribution < 1.29 is 9.84 Å². The molecule has 25 heavy (non-hydrogen) atoms. The molecule has 2 heterocycles. The molecule has 0 aliphatic carbocycles. The molecule has 1 aromatic carbocycles. The number of ether oxygens (including phenoxy) is 1. The minimum atomic E-state index is -0.581. The first-order chi connectivity index (χ1) is 11.8. The first kappa shape index (κ1) is 18.0. The molecule has 0 atom stereocenters. The highest BCUT2D eigenvalue weighted by Crippen LogP contribution is 2.39. The minimum Gasteiger partial charge on any atom is -0.497 e. The molecular weight excluding hydrogens is 314 g/mol. The summed E-state index contributed by atoms with van der Waals surface area (Å²) in [5.74, 6) is 0.856. The number of hydrogen-bond donors (Lipinski definition) is 1. The summed E-state index contributed by atoms with van der Waals surface area (Å²) in [6.45, 7) is 8.99. The van der Waals surface area contributed by atoms with Crippen LogP contribution in [-0.4, -0.2) is 45.6 Å². The normalized spacial score (nSPS) is 18.3. The number of aliphatic hydroxyl groups is 1. The van der Waals surface area contributed by atoms with E-state index in [1.165, 1.54) is 5.56 Å². The Labute approximate surface area is 150 Å². The number of piperidine rings is 1. The lowest BCUT2D eigenvalue weighted by atomic mass is 9.71. The van der Waals surface area contributed by atoms with Crippen molar-refractivity contribution in [1.29, 1.82) is 0 Å². The molecule has 0 amide bonds. The number of aromatic nitrogens is 2. The molecule has 0 unspecified atom stereocenters. The van der Waals surface area contributed by atoms with E-state index in [1.807, 2.05) is 23.0 Å². The standard InChI is InChI=1S/C20H29N3O2/c1-19(2,3)20(24)8-12-22(13-9-20)15-16-14-17(25-4)6-7-18(16)23-11-5-10-21-23/h5-7,10-11,14,24H,8-9,12-13,15H2,1-4H3. The monoisotopic (exact) mass is 343 g/mol. The molecule has 1 fully saturated rings. The molecule has 0 radical (unpaired) electrons. The average molecular weight is 343 g/mol. The van der Waals surface area contributed by atoms with Crippen LogP contribution in [0.15, 0.2) is 36.7 Å². The van der Waals surface area contributed by atoms with Crippen LogP contribution in [0.5, 0.6) is 5.75 Å². The Morgan fingerprint density at radius 1 is 1.24 bits per heavy atom. The van der Waals surface area contributed by atoms with E-state index in [0.717, 1.165) is 43.9 Å². The molecule has 1 saturated heterocycles. The van der Waals surface area contributed by atoms with Crippen LogP contribution in [0.2, 0.25) is 0 Å². The second kappa shape index (κ2) is 6.81. The van der Waals surface area contributed by atoms with E-state index in [-0.39, 0.29) is 5.41 Å². The highest BCUT2D eigenvalue weighted by atomic mass is 16.5. The van der Waals surface area contributed by atoms with E-state index in [1.54, 1.807) is 13.3 Å². The first-order valence-corrected chi connectivity index (χ1v) is 8.94. The van der Waals surface area contributed by atoms with Gasteiger partial charge in [-0.2, -0.15) is 5.10 Å².